The molecule has 0 spiro atoms. The molecular weight excluding hydrogens is 402 g/mol. The molecule has 1 atom stereocenters. The Labute approximate surface area is 188 Å². The average molecular weight is 432 g/mol. The summed E-state index contributed by atoms with van der Waals surface area (Å²) in [4.78, 5) is 22.3. The Morgan fingerprint density at radius 3 is 2.78 bits per heavy atom. The Morgan fingerprint density at radius 1 is 1.19 bits per heavy atom. The van der Waals surface area contributed by atoms with Crippen molar-refractivity contribution < 1.29 is 14.6 Å². The van der Waals surface area contributed by atoms with Gasteiger partial charge in [0.25, 0.3) is 0 Å². The molecule has 0 saturated heterocycles. The first-order valence-electron chi connectivity index (χ1n) is 11.1. The van der Waals surface area contributed by atoms with Crippen LogP contribution < -0.4 is 9.64 Å². The molecule has 1 N–H and O–H groups in total. The minimum absolute atomic E-state index is 0.128. The maximum atomic E-state index is 11.0. The lowest BCUT2D eigenvalue weighted by atomic mass is 9.98. The zero-order chi connectivity index (χ0) is 22.5. The highest BCUT2D eigenvalue weighted by Crippen LogP contribution is 2.37. The highest BCUT2D eigenvalue weighted by atomic mass is 16.5. The van der Waals surface area contributed by atoms with E-state index in [1.807, 2.05) is 37.4 Å². The Morgan fingerprint density at radius 2 is 2.00 bits per heavy atom. The molecule has 0 fully saturated rings. The third-order valence-corrected chi connectivity index (χ3v) is 5.99. The molecule has 0 bridgehead atoms. The first-order valence-corrected chi connectivity index (χ1v) is 11.1. The third kappa shape index (κ3) is 5.25. The fourth-order valence-electron chi connectivity index (χ4n) is 4.20. The summed E-state index contributed by atoms with van der Waals surface area (Å²) < 4.78 is 5.96. The number of fused-ring (bicyclic) bond motifs is 1. The van der Waals surface area contributed by atoms with Crippen LogP contribution in [0.2, 0.25) is 0 Å². The standard InChI is InChI=1S/C26H29N3O3/c1-18-4-6-19(7-5-18)26-27-13-12-24(28-26)29(2)14-3-15-32-22-10-11-23-20(16-22)8-9-21(23)17-25(30)31/h4-7,10-13,16,21H,3,8-9,14-15,17H2,1-2H3,(H,30,31)/t21-/m0/s1. The number of nitrogens with zero attached hydrogens (tertiary/aromatic N) is 3. The van der Waals surface area contributed by atoms with Crippen LogP contribution in [0.4, 0.5) is 5.82 Å². The van der Waals surface area contributed by atoms with Gasteiger partial charge in [-0.1, -0.05) is 35.9 Å². The highest BCUT2D eigenvalue weighted by molar-refractivity contribution is 5.68. The van der Waals surface area contributed by atoms with Gasteiger partial charge in [0.2, 0.25) is 0 Å². The number of carbonyl (C=O) groups is 1. The second kappa shape index (κ2) is 9.81. The van der Waals surface area contributed by atoms with Gasteiger partial charge >= 0.3 is 5.97 Å². The fourth-order valence-corrected chi connectivity index (χ4v) is 4.20. The van der Waals surface area contributed by atoms with Gasteiger partial charge in [0, 0.05) is 25.4 Å². The number of aliphatic carboxylic acids is 1. The quantitative estimate of drug-likeness (QED) is 0.488. The summed E-state index contributed by atoms with van der Waals surface area (Å²) in [6, 6.07) is 16.2. The molecule has 32 heavy (non-hydrogen) atoms. The maximum absolute atomic E-state index is 11.0. The van der Waals surface area contributed by atoms with Crippen LogP contribution in [0.1, 0.15) is 41.9 Å². The monoisotopic (exact) mass is 431 g/mol. The second-order valence-corrected chi connectivity index (χ2v) is 8.42. The van der Waals surface area contributed by atoms with E-state index in [1.165, 1.54) is 11.1 Å². The van der Waals surface area contributed by atoms with E-state index in [0.717, 1.165) is 54.3 Å². The van der Waals surface area contributed by atoms with Gasteiger partial charge in [0.1, 0.15) is 11.6 Å². The summed E-state index contributed by atoms with van der Waals surface area (Å²) in [5.41, 5.74) is 4.60. The lowest BCUT2D eigenvalue weighted by Gasteiger charge is -2.19. The third-order valence-electron chi connectivity index (χ3n) is 5.99. The minimum Gasteiger partial charge on any atom is -0.494 e. The molecule has 166 valence electrons. The van der Waals surface area contributed by atoms with Crippen LogP contribution in [-0.2, 0) is 11.2 Å². The smallest absolute Gasteiger partial charge is 0.303 e. The molecule has 0 saturated carbocycles. The largest absolute Gasteiger partial charge is 0.494 e. The molecule has 0 amide bonds. The van der Waals surface area contributed by atoms with Crippen molar-refractivity contribution in [2.75, 3.05) is 25.1 Å². The summed E-state index contributed by atoms with van der Waals surface area (Å²) in [6.45, 7) is 3.49. The molecule has 6 heteroatoms. The van der Waals surface area contributed by atoms with Crippen molar-refractivity contribution in [3.63, 3.8) is 0 Å². The number of carboxylic acid groups (broad SMARTS) is 1. The molecule has 0 radical (unpaired) electrons. The number of hydrogen-bond acceptors (Lipinski definition) is 5. The Hall–Kier alpha value is -3.41. The first kappa shape index (κ1) is 21.8. The summed E-state index contributed by atoms with van der Waals surface area (Å²) in [5.74, 6) is 1.86. The van der Waals surface area contributed by atoms with E-state index in [1.54, 1.807) is 6.20 Å². The highest BCUT2D eigenvalue weighted by Gasteiger charge is 2.24. The maximum Gasteiger partial charge on any atom is 0.303 e. The molecular formula is C26H29N3O3. The van der Waals surface area contributed by atoms with E-state index in [2.05, 4.69) is 35.0 Å². The first-order chi connectivity index (χ1) is 15.5. The van der Waals surface area contributed by atoms with Crippen molar-refractivity contribution in [2.24, 2.45) is 0 Å². The van der Waals surface area contributed by atoms with Gasteiger partial charge in [-0.25, -0.2) is 9.97 Å². The van der Waals surface area contributed by atoms with Gasteiger partial charge < -0.3 is 14.7 Å². The molecule has 4 rings (SSSR count). The Bertz CT molecular complexity index is 1080. The number of aromatic nitrogens is 2. The normalized spacial score (nSPS) is 14.8. The molecule has 1 heterocycles. The topological polar surface area (TPSA) is 75.6 Å². The summed E-state index contributed by atoms with van der Waals surface area (Å²) in [7, 11) is 2.03. The summed E-state index contributed by atoms with van der Waals surface area (Å²) in [6.07, 6.45) is 4.68. The number of benzene rings is 2. The van der Waals surface area contributed by atoms with Crippen LogP contribution in [0.15, 0.2) is 54.7 Å². The summed E-state index contributed by atoms with van der Waals surface area (Å²) in [5, 5.41) is 9.07. The van der Waals surface area contributed by atoms with Gasteiger partial charge in [-0.15, -0.1) is 0 Å². The number of ether oxygens (including phenoxy) is 1. The van der Waals surface area contributed by atoms with Gasteiger partial charge in [0.15, 0.2) is 5.82 Å². The van der Waals surface area contributed by atoms with Gasteiger partial charge in [-0.2, -0.15) is 0 Å². The van der Waals surface area contributed by atoms with Crippen molar-refractivity contribution in [1.82, 2.24) is 9.97 Å². The van der Waals surface area contributed by atoms with Crippen LogP contribution in [-0.4, -0.2) is 41.2 Å². The van der Waals surface area contributed by atoms with E-state index < -0.39 is 5.97 Å². The van der Waals surface area contributed by atoms with E-state index in [0.29, 0.717) is 6.61 Å². The number of anilines is 1. The zero-order valence-electron chi connectivity index (χ0n) is 18.6. The average Bonchev–Trinajstić information content (AvgIpc) is 3.18. The lowest BCUT2D eigenvalue weighted by molar-refractivity contribution is -0.137. The van der Waals surface area contributed by atoms with Crippen LogP contribution in [0.3, 0.4) is 0 Å². The second-order valence-electron chi connectivity index (χ2n) is 8.42. The minimum atomic E-state index is -0.734. The van der Waals surface area contributed by atoms with E-state index in [9.17, 15) is 4.79 Å². The molecule has 1 aliphatic carbocycles. The van der Waals surface area contributed by atoms with E-state index in [4.69, 9.17) is 14.8 Å². The molecule has 6 nitrogen and oxygen atoms in total. The zero-order valence-corrected chi connectivity index (χ0v) is 18.6. The molecule has 2 aromatic carbocycles. The Kier molecular flexibility index (Phi) is 6.69. The lowest BCUT2D eigenvalue weighted by Crippen LogP contribution is -2.21. The van der Waals surface area contributed by atoms with E-state index in [-0.39, 0.29) is 12.3 Å². The number of carboxylic acids is 1. The van der Waals surface area contributed by atoms with Crippen LogP contribution in [0, 0.1) is 6.92 Å². The fraction of sp³-hybridized carbons (Fsp3) is 0.346. The molecule has 1 aliphatic rings. The number of hydrogen-bond donors (Lipinski definition) is 1. The number of aryl methyl sites for hydroxylation is 2. The summed E-state index contributed by atoms with van der Waals surface area (Å²) >= 11 is 0. The van der Waals surface area contributed by atoms with Crippen molar-refractivity contribution in [3.8, 4) is 17.1 Å². The van der Waals surface area contributed by atoms with Gasteiger partial charge in [-0.3, -0.25) is 4.79 Å². The molecule has 0 unspecified atom stereocenters. The number of rotatable bonds is 9. The predicted octanol–water partition coefficient (Wildman–Crippen LogP) is 4.86. The molecule has 3 aromatic rings. The van der Waals surface area contributed by atoms with Crippen molar-refractivity contribution in [2.45, 2.75) is 38.5 Å². The van der Waals surface area contributed by atoms with Crippen LogP contribution in [0.25, 0.3) is 11.4 Å². The van der Waals surface area contributed by atoms with Gasteiger partial charge in [0.05, 0.1) is 13.0 Å². The van der Waals surface area contributed by atoms with Crippen molar-refractivity contribution in [3.05, 3.63) is 71.4 Å². The van der Waals surface area contributed by atoms with Crippen LogP contribution in [0.5, 0.6) is 5.75 Å². The molecule has 0 aliphatic heterocycles. The SMILES string of the molecule is Cc1ccc(-c2nccc(N(C)CCCOc3ccc4c(c3)CC[C@H]4CC(=O)O)n2)cc1. The van der Waals surface area contributed by atoms with Gasteiger partial charge in [-0.05, 0) is 61.4 Å². The predicted molar refractivity (Wildman–Crippen MR) is 125 cm³/mol. The molecule has 1 aromatic heterocycles. The van der Waals surface area contributed by atoms with Crippen LogP contribution >= 0.6 is 0 Å². The van der Waals surface area contributed by atoms with Crippen molar-refractivity contribution in [1.29, 1.82) is 0 Å². The van der Waals surface area contributed by atoms with E-state index >= 15 is 0 Å². The van der Waals surface area contributed by atoms with Crippen molar-refractivity contribution >= 4 is 11.8 Å². The Balaban J connectivity index is 1.29.